The summed E-state index contributed by atoms with van der Waals surface area (Å²) in [6.07, 6.45) is 5.17. The van der Waals surface area contributed by atoms with E-state index in [-0.39, 0.29) is 11.9 Å². The summed E-state index contributed by atoms with van der Waals surface area (Å²) >= 11 is 5.96. The second kappa shape index (κ2) is 11.4. The maximum Gasteiger partial charge on any atom is 0.332 e. The van der Waals surface area contributed by atoms with Gasteiger partial charge in [-0.25, -0.2) is 4.79 Å². The highest BCUT2D eigenvalue weighted by molar-refractivity contribution is 6.30. The van der Waals surface area contributed by atoms with Crippen molar-refractivity contribution in [2.75, 3.05) is 6.61 Å². The molecule has 3 atom stereocenters. The average Bonchev–Trinajstić information content (AvgIpc) is 3.45. The fourth-order valence-electron chi connectivity index (χ4n) is 3.90. The molecule has 0 spiro atoms. The minimum absolute atomic E-state index is 0.116. The molecule has 176 valence electrons. The molecule has 0 radical (unpaired) electrons. The van der Waals surface area contributed by atoms with Gasteiger partial charge in [0, 0.05) is 29.7 Å². The summed E-state index contributed by atoms with van der Waals surface area (Å²) in [7, 11) is 0. The number of furan rings is 1. The Morgan fingerprint density at radius 1 is 1.24 bits per heavy atom. The lowest BCUT2D eigenvalue weighted by Gasteiger charge is -2.33. The maximum atomic E-state index is 12.3. The molecule has 1 aromatic carbocycles. The molecule has 8 heteroatoms. The van der Waals surface area contributed by atoms with Crippen LogP contribution in [-0.4, -0.2) is 46.4 Å². The SMILES string of the molecule is Cc1occc1C(=O)N[C@H]1CCC[C@@](O)(C#Cc2cccc(Cl)c2)C1.O=C(O)[C@H]1CCCO1. The summed E-state index contributed by atoms with van der Waals surface area (Å²) in [5.41, 5.74) is 0.185. The fraction of sp³-hybridized carbons (Fsp3) is 0.440. The van der Waals surface area contributed by atoms with Crippen LogP contribution in [-0.2, 0) is 9.53 Å². The van der Waals surface area contributed by atoms with E-state index < -0.39 is 17.7 Å². The Morgan fingerprint density at radius 3 is 2.67 bits per heavy atom. The second-order valence-corrected chi connectivity index (χ2v) is 8.73. The number of carboxylic acids is 1. The van der Waals surface area contributed by atoms with Gasteiger partial charge in [-0.15, -0.1) is 0 Å². The first kappa shape index (κ1) is 24.8. The van der Waals surface area contributed by atoms with Crippen molar-refractivity contribution in [1.82, 2.24) is 5.32 Å². The highest BCUT2D eigenvalue weighted by Crippen LogP contribution is 2.28. The van der Waals surface area contributed by atoms with Crippen molar-refractivity contribution in [3.63, 3.8) is 0 Å². The molecule has 1 aromatic heterocycles. The van der Waals surface area contributed by atoms with Crippen molar-refractivity contribution in [2.45, 2.75) is 63.2 Å². The van der Waals surface area contributed by atoms with Crippen molar-refractivity contribution in [2.24, 2.45) is 0 Å². The first-order valence-electron chi connectivity index (χ1n) is 11.0. The Bertz CT molecular complexity index is 1030. The van der Waals surface area contributed by atoms with E-state index in [1.807, 2.05) is 12.1 Å². The van der Waals surface area contributed by atoms with E-state index >= 15 is 0 Å². The van der Waals surface area contributed by atoms with Crippen LogP contribution in [0, 0.1) is 18.8 Å². The molecular formula is C25H28ClNO6. The van der Waals surface area contributed by atoms with Crippen LogP contribution in [0.5, 0.6) is 0 Å². The van der Waals surface area contributed by atoms with Crippen molar-refractivity contribution in [3.8, 4) is 11.8 Å². The summed E-state index contributed by atoms with van der Waals surface area (Å²) < 4.78 is 9.98. The Kier molecular flexibility index (Phi) is 8.56. The average molecular weight is 474 g/mol. The van der Waals surface area contributed by atoms with Gasteiger partial charge < -0.3 is 24.7 Å². The van der Waals surface area contributed by atoms with Crippen LogP contribution < -0.4 is 5.32 Å². The maximum absolute atomic E-state index is 12.3. The lowest BCUT2D eigenvalue weighted by atomic mass is 9.82. The van der Waals surface area contributed by atoms with Gasteiger partial charge in [0.25, 0.3) is 5.91 Å². The van der Waals surface area contributed by atoms with Gasteiger partial charge in [-0.1, -0.05) is 29.5 Å². The second-order valence-electron chi connectivity index (χ2n) is 8.29. The Hall–Kier alpha value is -2.79. The molecule has 2 aliphatic rings. The number of ether oxygens (including phenoxy) is 1. The third kappa shape index (κ3) is 7.36. The van der Waals surface area contributed by atoms with Crippen molar-refractivity contribution >= 4 is 23.5 Å². The topological polar surface area (TPSA) is 109 Å². The zero-order valence-corrected chi connectivity index (χ0v) is 19.2. The molecule has 2 aromatic rings. The zero-order valence-electron chi connectivity index (χ0n) is 18.5. The summed E-state index contributed by atoms with van der Waals surface area (Å²) in [6, 6.07) is 8.76. The summed E-state index contributed by atoms with van der Waals surface area (Å²) in [5, 5.41) is 22.7. The number of hydrogen-bond acceptors (Lipinski definition) is 5. The smallest absolute Gasteiger partial charge is 0.332 e. The normalized spacial score (nSPS) is 24.1. The van der Waals surface area contributed by atoms with Gasteiger partial charge >= 0.3 is 5.97 Å². The zero-order chi connectivity index (χ0) is 23.8. The molecule has 0 unspecified atom stereocenters. The Balaban J connectivity index is 0.000000323. The van der Waals surface area contributed by atoms with Gasteiger partial charge in [-0.05, 0) is 63.3 Å². The highest BCUT2D eigenvalue weighted by Gasteiger charge is 2.34. The predicted octanol–water partition coefficient (Wildman–Crippen LogP) is 3.95. The predicted molar refractivity (Wildman–Crippen MR) is 123 cm³/mol. The van der Waals surface area contributed by atoms with Gasteiger partial charge in [0.05, 0.1) is 11.8 Å². The van der Waals surface area contributed by atoms with E-state index in [1.54, 1.807) is 25.1 Å². The summed E-state index contributed by atoms with van der Waals surface area (Å²) in [4.78, 5) is 22.4. The molecule has 0 bridgehead atoms. The number of carbonyl (C=O) groups excluding carboxylic acids is 1. The van der Waals surface area contributed by atoms with E-state index in [1.165, 1.54) is 6.26 Å². The number of carbonyl (C=O) groups is 2. The van der Waals surface area contributed by atoms with Gasteiger partial charge in [0.1, 0.15) is 11.4 Å². The number of benzene rings is 1. The number of carboxylic acid groups (broad SMARTS) is 1. The Labute approximate surface area is 198 Å². The van der Waals surface area contributed by atoms with Crippen LogP contribution in [0.3, 0.4) is 0 Å². The molecule has 2 fully saturated rings. The third-order valence-corrected chi connectivity index (χ3v) is 5.87. The molecule has 7 nitrogen and oxygen atoms in total. The lowest BCUT2D eigenvalue weighted by molar-refractivity contribution is -0.147. The molecule has 33 heavy (non-hydrogen) atoms. The molecule has 1 aliphatic heterocycles. The molecule has 1 amide bonds. The first-order chi connectivity index (χ1) is 15.8. The number of aliphatic hydroxyl groups is 1. The van der Waals surface area contributed by atoms with Crippen LogP contribution in [0.15, 0.2) is 41.0 Å². The standard InChI is InChI=1S/C20H20ClNO3.C5H8O3/c1-14-18(8-11-25-14)19(23)22-17-6-3-9-20(24,13-17)10-7-15-4-2-5-16(21)12-15;6-5(7)4-2-1-3-8-4/h2,4-5,8,11-12,17,24H,3,6,9,13H2,1H3,(H,22,23);4H,1-3H2,(H,6,7)/t17-,20+;4-/m01/s1. The number of amides is 1. The van der Waals surface area contributed by atoms with Crippen LogP contribution >= 0.6 is 11.6 Å². The van der Waals surface area contributed by atoms with Crippen LogP contribution in [0.1, 0.15) is 60.2 Å². The monoisotopic (exact) mass is 473 g/mol. The number of halogens is 1. The van der Waals surface area contributed by atoms with E-state index in [2.05, 4.69) is 17.2 Å². The van der Waals surface area contributed by atoms with Crippen LogP contribution in [0.25, 0.3) is 0 Å². The van der Waals surface area contributed by atoms with Crippen molar-refractivity contribution in [1.29, 1.82) is 0 Å². The summed E-state index contributed by atoms with van der Waals surface area (Å²) in [6.45, 7) is 2.36. The molecule has 1 aliphatic carbocycles. The first-order valence-corrected chi connectivity index (χ1v) is 11.3. The highest BCUT2D eigenvalue weighted by atomic mass is 35.5. The van der Waals surface area contributed by atoms with E-state index in [0.717, 1.165) is 24.8 Å². The van der Waals surface area contributed by atoms with Crippen LogP contribution in [0.2, 0.25) is 5.02 Å². The fourth-order valence-corrected chi connectivity index (χ4v) is 4.09. The van der Waals surface area contributed by atoms with Crippen LogP contribution in [0.4, 0.5) is 0 Å². The van der Waals surface area contributed by atoms with Gasteiger partial charge in [-0.2, -0.15) is 0 Å². The van der Waals surface area contributed by atoms with E-state index in [4.69, 9.17) is 25.9 Å². The molecule has 1 saturated heterocycles. The number of hydrogen-bond donors (Lipinski definition) is 3. The van der Waals surface area contributed by atoms with Gasteiger partial charge in [0.15, 0.2) is 6.10 Å². The minimum atomic E-state index is -1.11. The number of rotatable bonds is 3. The number of aryl methyl sites for hydroxylation is 1. The number of aliphatic carboxylic acids is 1. The lowest BCUT2D eigenvalue weighted by Crippen LogP contribution is -2.45. The van der Waals surface area contributed by atoms with Gasteiger partial charge in [-0.3, -0.25) is 4.79 Å². The van der Waals surface area contributed by atoms with Gasteiger partial charge in [0.2, 0.25) is 0 Å². The van der Waals surface area contributed by atoms with E-state index in [0.29, 0.717) is 42.2 Å². The Morgan fingerprint density at radius 2 is 2.06 bits per heavy atom. The molecule has 1 saturated carbocycles. The molecular weight excluding hydrogens is 446 g/mol. The minimum Gasteiger partial charge on any atom is -0.479 e. The van der Waals surface area contributed by atoms with Crippen molar-refractivity contribution in [3.05, 3.63) is 58.5 Å². The molecule has 2 heterocycles. The quantitative estimate of drug-likeness (QED) is 0.582. The number of nitrogens with one attached hydrogen (secondary N) is 1. The van der Waals surface area contributed by atoms with Crippen molar-refractivity contribution < 1.29 is 29.0 Å². The van der Waals surface area contributed by atoms with E-state index in [9.17, 15) is 14.7 Å². The molecule has 3 N–H and O–H groups in total. The largest absolute Gasteiger partial charge is 0.479 e. The summed E-state index contributed by atoms with van der Waals surface area (Å²) in [5.74, 6) is 5.54. The molecule has 4 rings (SSSR count). The third-order valence-electron chi connectivity index (χ3n) is 5.63.